The molecule has 0 fully saturated rings. The van der Waals surface area contributed by atoms with Crippen molar-refractivity contribution in [3.05, 3.63) is 76.7 Å². The van der Waals surface area contributed by atoms with Crippen molar-refractivity contribution < 1.29 is 28.6 Å². The van der Waals surface area contributed by atoms with Gasteiger partial charge in [0.05, 0.1) is 19.9 Å². The molecule has 0 unspecified atom stereocenters. The largest absolute Gasteiger partial charge is 0.493 e. The van der Waals surface area contributed by atoms with Gasteiger partial charge >= 0.3 is 5.97 Å². The van der Waals surface area contributed by atoms with E-state index in [0.29, 0.717) is 22.8 Å². The molecule has 3 N–H and O–H groups in total. The number of nitrogens with zero attached hydrogens (tertiary/aromatic N) is 1. The second kappa shape index (κ2) is 10.9. The molecule has 0 radical (unpaired) electrons. The van der Waals surface area contributed by atoms with Crippen LogP contribution in [0.25, 0.3) is 0 Å². The van der Waals surface area contributed by atoms with Gasteiger partial charge in [0.15, 0.2) is 11.5 Å². The standard InChI is InChI=1S/C24H25N3O6/c1-15-4-6-18(10-16(15)2)25-13-23(28)27-26-12-17-5-8-20(22(11-17)31-3)32-14-19-7-9-21(33-19)24(29)30/h4-12,25H,13-14H2,1-3H3,(H,27,28)(H,29,30)/b26-12-. The van der Waals surface area contributed by atoms with Crippen molar-refractivity contribution >= 4 is 23.8 Å². The van der Waals surface area contributed by atoms with E-state index in [1.807, 2.05) is 32.0 Å². The van der Waals surface area contributed by atoms with Crippen molar-refractivity contribution in [2.75, 3.05) is 19.0 Å². The van der Waals surface area contributed by atoms with Crippen LogP contribution in [0.2, 0.25) is 0 Å². The van der Waals surface area contributed by atoms with Gasteiger partial charge in [-0.25, -0.2) is 10.2 Å². The number of aromatic carboxylic acids is 1. The normalized spacial score (nSPS) is 10.8. The predicted molar refractivity (Wildman–Crippen MR) is 123 cm³/mol. The highest BCUT2D eigenvalue weighted by atomic mass is 16.5. The number of carbonyl (C=O) groups is 2. The van der Waals surface area contributed by atoms with E-state index in [9.17, 15) is 9.59 Å². The van der Waals surface area contributed by atoms with Crippen molar-refractivity contribution in [1.29, 1.82) is 0 Å². The number of benzene rings is 2. The zero-order valence-corrected chi connectivity index (χ0v) is 18.5. The number of carboxylic acids is 1. The number of rotatable bonds is 10. The minimum Gasteiger partial charge on any atom is -0.493 e. The summed E-state index contributed by atoms with van der Waals surface area (Å²) >= 11 is 0. The lowest BCUT2D eigenvalue weighted by atomic mass is 10.1. The van der Waals surface area contributed by atoms with Crippen molar-refractivity contribution in [3.63, 3.8) is 0 Å². The minimum atomic E-state index is -1.14. The van der Waals surface area contributed by atoms with Crippen molar-refractivity contribution in [3.8, 4) is 11.5 Å². The van der Waals surface area contributed by atoms with Crippen LogP contribution in [-0.4, -0.2) is 36.9 Å². The number of nitrogens with one attached hydrogen (secondary N) is 2. The topological polar surface area (TPSA) is 122 Å². The van der Waals surface area contributed by atoms with Crippen LogP contribution in [0.5, 0.6) is 11.5 Å². The molecule has 9 nitrogen and oxygen atoms in total. The summed E-state index contributed by atoms with van der Waals surface area (Å²) in [6.45, 7) is 4.18. The van der Waals surface area contributed by atoms with Gasteiger partial charge in [-0.3, -0.25) is 4.79 Å². The monoisotopic (exact) mass is 451 g/mol. The van der Waals surface area contributed by atoms with E-state index < -0.39 is 5.97 Å². The summed E-state index contributed by atoms with van der Waals surface area (Å²) in [5.41, 5.74) is 6.36. The smallest absolute Gasteiger partial charge is 0.371 e. The molecule has 0 aliphatic heterocycles. The number of furan rings is 1. The average Bonchev–Trinajstić information content (AvgIpc) is 3.28. The van der Waals surface area contributed by atoms with E-state index >= 15 is 0 Å². The first-order chi connectivity index (χ1) is 15.9. The molecule has 1 aromatic heterocycles. The molecule has 0 bridgehead atoms. The van der Waals surface area contributed by atoms with Gasteiger partial charge in [-0.15, -0.1) is 0 Å². The third-order valence-electron chi connectivity index (χ3n) is 4.79. The number of carboxylic acid groups (broad SMARTS) is 1. The molecule has 0 aliphatic rings. The second-order valence-corrected chi connectivity index (χ2v) is 7.22. The Morgan fingerprint density at radius 2 is 1.88 bits per heavy atom. The third-order valence-corrected chi connectivity index (χ3v) is 4.79. The zero-order chi connectivity index (χ0) is 23.8. The lowest BCUT2D eigenvalue weighted by molar-refractivity contribution is -0.119. The highest BCUT2D eigenvalue weighted by Crippen LogP contribution is 2.28. The summed E-state index contributed by atoms with van der Waals surface area (Å²) in [7, 11) is 1.50. The Kier molecular flexibility index (Phi) is 7.69. The Morgan fingerprint density at radius 1 is 1.06 bits per heavy atom. The van der Waals surface area contributed by atoms with Crippen molar-refractivity contribution in [2.45, 2.75) is 20.5 Å². The molecule has 1 heterocycles. The Bertz CT molecular complexity index is 1170. The fraction of sp³-hybridized carbons (Fsp3) is 0.208. The van der Waals surface area contributed by atoms with Gasteiger partial charge in [0, 0.05) is 5.69 Å². The van der Waals surface area contributed by atoms with Crippen molar-refractivity contribution in [2.24, 2.45) is 5.10 Å². The second-order valence-electron chi connectivity index (χ2n) is 7.22. The summed E-state index contributed by atoms with van der Waals surface area (Å²) in [5, 5.41) is 15.9. The lowest BCUT2D eigenvalue weighted by Gasteiger charge is -2.10. The first-order valence-electron chi connectivity index (χ1n) is 10.1. The fourth-order valence-corrected chi connectivity index (χ4v) is 2.86. The number of aryl methyl sites for hydroxylation is 2. The van der Waals surface area contributed by atoms with Crippen molar-refractivity contribution in [1.82, 2.24) is 5.43 Å². The number of carbonyl (C=O) groups excluding carboxylic acids is 1. The highest BCUT2D eigenvalue weighted by Gasteiger charge is 2.11. The van der Waals surface area contributed by atoms with Crippen LogP contribution in [0.15, 0.2) is 58.0 Å². The molecule has 0 atom stereocenters. The van der Waals surface area contributed by atoms with Crippen LogP contribution in [0.4, 0.5) is 5.69 Å². The van der Waals surface area contributed by atoms with E-state index in [-0.39, 0.29) is 24.8 Å². The molecule has 0 saturated carbocycles. The van der Waals surface area contributed by atoms with Gasteiger partial charge in [-0.05, 0) is 73.0 Å². The number of hydrogen-bond acceptors (Lipinski definition) is 7. The first-order valence-corrected chi connectivity index (χ1v) is 10.1. The average molecular weight is 451 g/mol. The molecule has 172 valence electrons. The number of ether oxygens (including phenoxy) is 2. The van der Waals surface area contributed by atoms with E-state index in [2.05, 4.69) is 15.8 Å². The number of amides is 1. The summed E-state index contributed by atoms with van der Waals surface area (Å²) in [6, 6.07) is 13.9. The maximum atomic E-state index is 12.0. The summed E-state index contributed by atoms with van der Waals surface area (Å²) in [4.78, 5) is 22.9. The molecule has 3 aromatic rings. The van der Waals surface area contributed by atoms with Crippen LogP contribution >= 0.6 is 0 Å². The Morgan fingerprint density at radius 3 is 2.58 bits per heavy atom. The summed E-state index contributed by atoms with van der Waals surface area (Å²) < 4.78 is 16.2. The molecular weight excluding hydrogens is 426 g/mol. The maximum Gasteiger partial charge on any atom is 0.371 e. The molecule has 2 aromatic carbocycles. The van der Waals surface area contributed by atoms with E-state index in [1.54, 1.807) is 18.2 Å². The van der Waals surface area contributed by atoms with Gasteiger partial charge in [0.25, 0.3) is 5.91 Å². The van der Waals surface area contributed by atoms with Crippen LogP contribution in [0.3, 0.4) is 0 Å². The molecule has 0 aliphatic carbocycles. The number of hydrogen-bond donors (Lipinski definition) is 3. The van der Waals surface area contributed by atoms with Gasteiger partial charge in [-0.2, -0.15) is 5.10 Å². The molecule has 0 saturated heterocycles. The van der Waals surface area contributed by atoms with Gasteiger partial charge in [0.2, 0.25) is 5.76 Å². The molecule has 33 heavy (non-hydrogen) atoms. The van der Waals surface area contributed by atoms with E-state index in [1.165, 1.54) is 31.0 Å². The minimum absolute atomic E-state index is 0.0423. The van der Waals surface area contributed by atoms with Gasteiger partial charge in [0.1, 0.15) is 12.4 Å². The Labute approximate surface area is 191 Å². The maximum absolute atomic E-state index is 12.0. The first kappa shape index (κ1) is 23.4. The molecular formula is C24H25N3O6. The van der Waals surface area contributed by atoms with Gasteiger partial charge in [-0.1, -0.05) is 6.07 Å². The zero-order valence-electron chi connectivity index (χ0n) is 18.5. The molecule has 9 heteroatoms. The highest BCUT2D eigenvalue weighted by molar-refractivity contribution is 5.85. The van der Waals surface area contributed by atoms with E-state index in [0.717, 1.165) is 11.3 Å². The number of methoxy groups -OCH3 is 1. The predicted octanol–water partition coefficient (Wildman–Crippen LogP) is 3.74. The molecule has 1 amide bonds. The number of anilines is 1. The molecule has 0 spiro atoms. The summed E-state index contributed by atoms with van der Waals surface area (Å²) in [5.74, 6) is -0.307. The number of hydrazone groups is 1. The van der Waals surface area contributed by atoms with Crippen LogP contribution < -0.4 is 20.2 Å². The van der Waals surface area contributed by atoms with Crippen LogP contribution in [0, 0.1) is 13.8 Å². The SMILES string of the molecule is COc1cc(/C=N\NC(=O)CNc2ccc(C)c(C)c2)ccc1OCc1ccc(C(=O)O)o1. The fourth-order valence-electron chi connectivity index (χ4n) is 2.86. The Hall–Kier alpha value is -4.27. The van der Waals surface area contributed by atoms with Crippen LogP contribution in [0.1, 0.15) is 33.0 Å². The quantitative estimate of drug-likeness (QED) is 0.317. The Balaban J connectivity index is 1.52. The van der Waals surface area contributed by atoms with Crippen LogP contribution in [-0.2, 0) is 11.4 Å². The summed E-state index contributed by atoms with van der Waals surface area (Å²) in [6.07, 6.45) is 1.49. The third kappa shape index (κ3) is 6.60. The molecule has 3 rings (SSSR count). The lowest BCUT2D eigenvalue weighted by Crippen LogP contribution is -2.25. The van der Waals surface area contributed by atoms with E-state index in [4.69, 9.17) is 19.0 Å². The van der Waals surface area contributed by atoms with Gasteiger partial charge < -0.3 is 24.3 Å².